The van der Waals surface area contributed by atoms with E-state index in [-0.39, 0.29) is 39.8 Å². The first-order valence-electron chi connectivity index (χ1n) is 19.7. The van der Waals surface area contributed by atoms with E-state index in [1.165, 1.54) is 36.8 Å². The van der Waals surface area contributed by atoms with Gasteiger partial charge in [-0.2, -0.15) is 0 Å². The van der Waals surface area contributed by atoms with Crippen LogP contribution in [0.1, 0.15) is 115 Å². The van der Waals surface area contributed by atoms with Crippen LogP contribution in [0.4, 0.5) is 4.79 Å². The quantitative estimate of drug-likeness (QED) is 0.263. The summed E-state index contributed by atoms with van der Waals surface area (Å²) in [7, 11) is 0. The van der Waals surface area contributed by atoms with Gasteiger partial charge in [0.15, 0.2) is 0 Å². The van der Waals surface area contributed by atoms with Gasteiger partial charge < -0.3 is 20.4 Å². The van der Waals surface area contributed by atoms with E-state index in [1.54, 1.807) is 12.1 Å². The van der Waals surface area contributed by atoms with Crippen molar-refractivity contribution in [3.63, 3.8) is 0 Å². The molecule has 0 spiro atoms. The van der Waals surface area contributed by atoms with Crippen molar-refractivity contribution in [2.24, 2.45) is 51.2 Å². The molecule has 50 heavy (non-hydrogen) atoms. The topological polar surface area (TPSA) is 93.1 Å². The van der Waals surface area contributed by atoms with Crippen LogP contribution in [0.25, 0.3) is 5.57 Å². The average Bonchev–Trinajstić information content (AvgIpc) is 3.45. The number of rotatable bonds is 6. The van der Waals surface area contributed by atoms with Gasteiger partial charge in [-0.15, -0.1) is 0 Å². The Morgan fingerprint density at radius 1 is 0.880 bits per heavy atom. The second-order valence-corrected chi connectivity index (χ2v) is 18.8. The lowest BCUT2D eigenvalue weighted by atomic mass is 9.33. The van der Waals surface area contributed by atoms with Gasteiger partial charge in [0.05, 0.1) is 12.2 Å². The zero-order valence-electron chi connectivity index (χ0n) is 31.7. The van der Waals surface area contributed by atoms with Gasteiger partial charge in [0.2, 0.25) is 0 Å². The number of fused-ring (bicyclic) bond motifs is 7. The Morgan fingerprint density at radius 3 is 2.22 bits per heavy atom. The minimum Gasteiger partial charge on any atom is -0.478 e. The number of aliphatic hydroxyl groups is 1. The number of carbonyl (C=O) groups is 2. The van der Waals surface area contributed by atoms with Crippen molar-refractivity contribution in [2.75, 3.05) is 39.3 Å². The third-order valence-electron chi connectivity index (χ3n) is 16.5. The van der Waals surface area contributed by atoms with Gasteiger partial charge in [-0.3, -0.25) is 4.90 Å². The summed E-state index contributed by atoms with van der Waals surface area (Å²) in [5.74, 6) is 1.73. The van der Waals surface area contributed by atoms with Crippen LogP contribution in [0.2, 0.25) is 0 Å². The molecule has 274 valence electrons. The molecule has 0 radical (unpaired) electrons. The third kappa shape index (κ3) is 5.25. The van der Waals surface area contributed by atoms with E-state index in [9.17, 15) is 19.8 Å². The molecule has 6 aliphatic rings. The van der Waals surface area contributed by atoms with Crippen LogP contribution >= 0.6 is 0 Å². The summed E-state index contributed by atoms with van der Waals surface area (Å²) in [5, 5.41) is 22.6. The highest BCUT2D eigenvalue weighted by atomic mass is 16.4. The maximum Gasteiger partial charge on any atom is 0.335 e. The Bertz CT molecular complexity index is 1540. The molecule has 2 amide bonds. The molecule has 1 heterocycles. The van der Waals surface area contributed by atoms with Crippen molar-refractivity contribution in [3.8, 4) is 0 Å². The predicted octanol–water partition coefficient (Wildman–Crippen LogP) is 8.11. The number of nitrogens with zero attached hydrogens (tertiary/aromatic N) is 2. The molecule has 1 saturated heterocycles. The van der Waals surface area contributed by atoms with Crippen molar-refractivity contribution in [1.82, 2.24) is 15.1 Å². The lowest BCUT2D eigenvalue weighted by molar-refractivity contribution is -0.218. The van der Waals surface area contributed by atoms with Gasteiger partial charge in [-0.05, 0) is 139 Å². The summed E-state index contributed by atoms with van der Waals surface area (Å²) < 4.78 is 0. The van der Waals surface area contributed by atoms with Gasteiger partial charge in [-0.25, -0.2) is 9.59 Å². The van der Waals surface area contributed by atoms with E-state index in [0.717, 1.165) is 63.8 Å². The molecule has 0 unspecified atom stereocenters. The summed E-state index contributed by atoms with van der Waals surface area (Å²) in [6, 6.07) is 7.66. The highest BCUT2D eigenvalue weighted by Crippen LogP contribution is 2.76. The molecule has 7 nitrogen and oxygen atoms in total. The first-order valence-corrected chi connectivity index (χ1v) is 19.7. The van der Waals surface area contributed by atoms with E-state index in [4.69, 9.17) is 0 Å². The van der Waals surface area contributed by atoms with Gasteiger partial charge >= 0.3 is 12.0 Å². The number of aliphatic hydroxyl groups excluding tert-OH is 1. The number of nitrogens with one attached hydrogen (secondary N) is 1. The maximum absolute atomic E-state index is 14.0. The second-order valence-electron chi connectivity index (χ2n) is 18.8. The van der Waals surface area contributed by atoms with Crippen LogP contribution in [0.5, 0.6) is 0 Å². The number of hydrogen-bond acceptors (Lipinski definition) is 4. The fourth-order valence-electron chi connectivity index (χ4n) is 13.9. The van der Waals surface area contributed by atoms with Gasteiger partial charge in [-0.1, -0.05) is 65.0 Å². The van der Waals surface area contributed by atoms with Crippen LogP contribution in [0, 0.1) is 51.2 Å². The summed E-state index contributed by atoms with van der Waals surface area (Å²) >= 11 is 0. The monoisotopic (exact) mass is 685 g/mol. The highest BCUT2D eigenvalue weighted by Gasteiger charge is 2.70. The highest BCUT2D eigenvalue weighted by molar-refractivity contribution is 5.88. The SMILES string of the molecule is C=C(C)[C@@H]1CC[C@]2(NC(=O)N3CCN(CCO)CC3)CC[C@]3(C)[C@H](CC[C@@H]4[C@@]5(C)CC=C(c6ccc(C(=O)O)cc6)C(C)(C)[C@@H]5CC[C@]43C)[C@@H]12. The molecule has 3 N–H and O–H groups in total. The summed E-state index contributed by atoms with van der Waals surface area (Å²) in [6.45, 7) is 23.6. The smallest absolute Gasteiger partial charge is 0.335 e. The Balaban J connectivity index is 1.16. The number of urea groups is 1. The number of carboxylic acids is 1. The minimum absolute atomic E-state index is 0.0110. The van der Waals surface area contributed by atoms with Crippen LogP contribution in [-0.4, -0.2) is 76.9 Å². The maximum atomic E-state index is 14.0. The summed E-state index contributed by atoms with van der Waals surface area (Å²) in [6.07, 6.45) is 12.9. The van der Waals surface area contributed by atoms with Crippen LogP contribution < -0.4 is 5.32 Å². The summed E-state index contributed by atoms with van der Waals surface area (Å²) in [5.41, 5.74) is 4.60. The van der Waals surface area contributed by atoms with Crippen molar-refractivity contribution < 1.29 is 19.8 Å². The van der Waals surface area contributed by atoms with E-state index in [2.05, 4.69) is 64.4 Å². The molecular formula is C43H63N3O4. The normalized spacial score (nSPS) is 40.8. The van der Waals surface area contributed by atoms with Gasteiger partial charge in [0, 0.05) is 38.3 Å². The average molecular weight is 686 g/mol. The molecule has 1 aromatic rings. The number of β-amino-alcohol motifs (C(OH)–C–C–N with tert-alkyl or cyclic N) is 1. The Morgan fingerprint density at radius 2 is 1.58 bits per heavy atom. The number of benzene rings is 1. The zero-order valence-corrected chi connectivity index (χ0v) is 31.7. The molecule has 1 aromatic carbocycles. The van der Waals surface area contributed by atoms with Gasteiger partial charge in [0.1, 0.15) is 0 Å². The number of piperazine rings is 1. The van der Waals surface area contributed by atoms with E-state index >= 15 is 0 Å². The van der Waals surface area contributed by atoms with E-state index < -0.39 is 5.97 Å². The second kappa shape index (κ2) is 12.5. The molecule has 7 heteroatoms. The minimum atomic E-state index is -0.875. The number of amides is 2. The van der Waals surface area contributed by atoms with E-state index in [0.29, 0.717) is 41.7 Å². The predicted molar refractivity (Wildman–Crippen MR) is 200 cm³/mol. The lowest BCUT2D eigenvalue weighted by Crippen LogP contribution is -2.69. The molecular weight excluding hydrogens is 622 g/mol. The van der Waals surface area contributed by atoms with Crippen molar-refractivity contribution in [1.29, 1.82) is 0 Å². The third-order valence-corrected chi connectivity index (χ3v) is 16.5. The molecule has 7 rings (SSSR count). The molecule has 5 aliphatic carbocycles. The molecule has 4 saturated carbocycles. The van der Waals surface area contributed by atoms with Crippen LogP contribution in [0.15, 0.2) is 42.5 Å². The number of carboxylic acid groups (broad SMARTS) is 1. The molecule has 1 aliphatic heterocycles. The first kappa shape index (κ1) is 35.7. The molecule has 5 fully saturated rings. The number of aromatic carboxylic acids is 1. The molecule has 0 bridgehead atoms. The lowest BCUT2D eigenvalue weighted by Gasteiger charge is -2.72. The Kier molecular flexibility index (Phi) is 8.94. The number of allylic oxidation sites excluding steroid dienone is 3. The standard InChI is InChI=1S/C43H63N3O4/c1-28(2)31-14-19-43(44-38(50)46-24-22-45(23-25-46)26-27-47)21-20-41(6)33(36(31)43)12-13-35-40(5)17-15-32(29-8-10-30(11-9-29)37(48)49)39(3,4)34(40)16-18-42(35,41)7/h8-11,15,31,33-36,47H,1,12-14,16-27H2,2-7H3,(H,44,50)(H,48,49)/t31-,33+,34-,35+,36+,40-,41+,42+,43-/m0/s1. The first-order chi connectivity index (χ1) is 23.6. The van der Waals surface area contributed by atoms with Crippen molar-refractivity contribution in [2.45, 2.75) is 105 Å². The Labute approximate surface area is 301 Å². The van der Waals surface area contributed by atoms with Crippen molar-refractivity contribution in [3.05, 3.63) is 53.6 Å². The fourth-order valence-corrected chi connectivity index (χ4v) is 13.9. The van der Waals surface area contributed by atoms with Crippen molar-refractivity contribution >= 4 is 17.6 Å². The number of hydrogen-bond donors (Lipinski definition) is 3. The fraction of sp³-hybridized carbons (Fsp3) is 0.721. The largest absolute Gasteiger partial charge is 0.478 e. The molecule has 9 atom stereocenters. The Hall–Kier alpha value is -2.64. The molecule has 0 aromatic heterocycles. The van der Waals surface area contributed by atoms with E-state index in [1.807, 2.05) is 17.0 Å². The van der Waals surface area contributed by atoms with Crippen LogP contribution in [0.3, 0.4) is 0 Å². The van der Waals surface area contributed by atoms with Crippen LogP contribution in [-0.2, 0) is 0 Å². The van der Waals surface area contributed by atoms with Gasteiger partial charge in [0.25, 0.3) is 0 Å². The zero-order chi connectivity index (χ0) is 35.9. The number of carbonyl (C=O) groups excluding carboxylic acids is 1. The summed E-state index contributed by atoms with van der Waals surface area (Å²) in [4.78, 5) is 29.8.